The van der Waals surface area contributed by atoms with E-state index in [2.05, 4.69) is 26.0 Å². The van der Waals surface area contributed by atoms with Gasteiger partial charge in [0.05, 0.1) is 16.7 Å². The molecule has 0 bridgehead atoms. The number of ketones is 2. The molecule has 1 aliphatic heterocycles. The number of carbonyl (C=O) groups is 2. The fourth-order valence-electron chi connectivity index (χ4n) is 4.37. The maximum Gasteiger partial charge on any atom is 0.214 e. The Labute approximate surface area is 228 Å². The molecule has 2 aliphatic rings. The van der Waals surface area contributed by atoms with Gasteiger partial charge in [-0.1, -0.05) is 73.9 Å². The summed E-state index contributed by atoms with van der Waals surface area (Å²) in [7, 11) is 0. The summed E-state index contributed by atoms with van der Waals surface area (Å²) < 4.78 is 0. The predicted octanol–water partition coefficient (Wildman–Crippen LogP) is 6.76. The van der Waals surface area contributed by atoms with E-state index in [-0.39, 0.29) is 10.6 Å². The predicted molar refractivity (Wildman–Crippen MR) is 151 cm³/mol. The van der Waals surface area contributed by atoms with Crippen LogP contribution in [0.3, 0.4) is 0 Å². The van der Waals surface area contributed by atoms with Crippen molar-refractivity contribution in [3.05, 3.63) is 112 Å². The van der Waals surface area contributed by atoms with E-state index in [9.17, 15) is 14.7 Å². The van der Waals surface area contributed by atoms with Gasteiger partial charge >= 0.3 is 0 Å². The Bertz CT molecular complexity index is 1480. The number of anilines is 1. The van der Waals surface area contributed by atoms with Gasteiger partial charge in [-0.2, -0.15) is 5.26 Å². The Hall–Kier alpha value is -3.98. The van der Waals surface area contributed by atoms with Gasteiger partial charge in [0, 0.05) is 28.7 Å². The number of aliphatic hydroxyl groups is 1. The molecule has 1 N–H and O–H groups in total. The van der Waals surface area contributed by atoms with Crippen LogP contribution in [0.1, 0.15) is 39.7 Å². The largest absolute Gasteiger partial charge is 0.374 e. The number of hydrogen-bond acceptors (Lipinski definition) is 5. The first-order valence-electron chi connectivity index (χ1n) is 12.5. The van der Waals surface area contributed by atoms with Gasteiger partial charge in [-0.25, -0.2) is 0 Å². The number of fused-ring (bicyclic) bond motifs is 1. The molecule has 0 saturated carbocycles. The zero-order chi connectivity index (χ0) is 27.6. The highest BCUT2D eigenvalue weighted by Gasteiger charge is 2.48. The molecular formula is C32H29ClN2O3. The van der Waals surface area contributed by atoms with E-state index in [0.717, 1.165) is 28.8 Å². The van der Waals surface area contributed by atoms with Gasteiger partial charge < -0.3 is 10.0 Å². The lowest BCUT2D eigenvalue weighted by Crippen LogP contribution is -2.49. The average Bonchev–Trinajstić information content (AvgIpc) is 2.93. The number of nitriles is 1. The summed E-state index contributed by atoms with van der Waals surface area (Å²) in [5, 5.41) is 19.5. The number of hydrogen-bond donors (Lipinski definition) is 1. The Kier molecular flexibility index (Phi) is 7.68. The summed E-state index contributed by atoms with van der Waals surface area (Å²) in [6, 6.07) is 17.3. The number of carbonyl (C=O) groups excluding carboxylic acids is 2. The minimum Gasteiger partial charge on any atom is -0.374 e. The molecule has 1 aliphatic carbocycles. The Morgan fingerprint density at radius 3 is 2.29 bits per heavy atom. The second-order valence-electron chi connectivity index (χ2n) is 9.81. The van der Waals surface area contributed by atoms with Crippen LogP contribution in [0.5, 0.6) is 0 Å². The lowest BCUT2D eigenvalue weighted by atomic mass is 9.79. The fraction of sp³-hybridized carbons (Fsp3) is 0.219. The van der Waals surface area contributed by atoms with Crippen LogP contribution in [0.4, 0.5) is 5.69 Å². The monoisotopic (exact) mass is 524 g/mol. The van der Waals surface area contributed by atoms with Crippen LogP contribution >= 0.6 is 11.6 Å². The third-order valence-corrected chi connectivity index (χ3v) is 7.26. The average molecular weight is 525 g/mol. The number of nitrogens with zero attached hydrogens (tertiary/aromatic N) is 2. The van der Waals surface area contributed by atoms with E-state index in [1.807, 2.05) is 60.4 Å². The normalized spacial score (nSPS) is 20.8. The molecule has 2 aromatic carbocycles. The molecule has 5 nitrogen and oxygen atoms in total. The van der Waals surface area contributed by atoms with Crippen molar-refractivity contribution >= 4 is 28.9 Å². The van der Waals surface area contributed by atoms with Crippen LogP contribution in [-0.4, -0.2) is 22.3 Å². The molecule has 0 aromatic heterocycles. The van der Waals surface area contributed by atoms with Crippen molar-refractivity contribution in [2.75, 3.05) is 4.90 Å². The molecule has 2 aromatic rings. The molecule has 0 fully saturated rings. The molecular weight excluding hydrogens is 496 g/mol. The molecule has 0 spiro atoms. The van der Waals surface area contributed by atoms with Gasteiger partial charge in [-0.15, -0.1) is 0 Å². The van der Waals surface area contributed by atoms with Crippen LogP contribution in [0, 0.1) is 17.2 Å². The molecule has 1 heterocycles. The smallest absolute Gasteiger partial charge is 0.214 e. The maximum absolute atomic E-state index is 13.1. The Morgan fingerprint density at radius 1 is 1.11 bits per heavy atom. The van der Waals surface area contributed by atoms with E-state index in [0.29, 0.717) is 22.8 Å². The molecule has 0 unspecified atom stereocenters. The molecule has 0 saturated heterocycles. The van der Waals surface area contributed by atoms with Crippen molar-refractivity contribution in [1.29, 1.82) is 5.26 Å². The van der Waals surface area contributed by atoms with Crippen LogP contribution < -0.4 is 4.90 Å². The van der Waals surface area contributed by atoms with Crippen molar-refractivity contribution in [2.24, 2.45) is 5.92 Å². The van der Waals surface area contributed by atoms with Gasteiger partial charge in [-0.05, 0) is 67.3 Å². The van der Waals surface area contributed by atoms with Gasteiger partial charge in [0.15, 0.2) is 5.60 Å². The standard InChI is InChI=1S/C32H29ClN2O3/c1-5-20(2)16-21(3)6-13-26-17-27-28(30(36)32(4,38)31(37)29(27)33)19-35(26)25-14-11-24(12-15-25)23-9-7-22(18-34)8-10-23/h6-17,19-20,38H,5H2,1-4H3/b13-6+,21-16+/t20-,32+/m0/s1. The summed E-state index contributed by atoms with van der Waals surface area (Å²) in [5.74, 6) is -1.05. The van der Waals surface area contributed by atoms with E-state index in [1.54, 1.807) is 24.4 Å². The second kappa shape index (κ2) is 10.8. The van der Waals surface area contributed by atoms with Crippen molar-refractivity contribution < 1.29 is 14.7 Å². The van der Waals surface area contributed by atoms with Gasteiger partial charge in [0.2, 0.25) is 11.6 Å². The third kappa shape index (κ3) is 5.19. The highest BCUT2D eigenvalue weighted by atomic mass is 35.5. The molecule has 6 heteroatoms. The number of Topliss-reactive ketones (excluding diaryl/α,β-unsaturated/α-hetero) is 2. The van der Waals surface area contributed by atoms with Crippen molar-refractivity contribution in [2.45, 2.75) is 39.7 Å². The van der Waals surface area contributed by atoms with Gasteiger partial charge in [0.25, 0.3) is 0 Å². The first-order valence-corrected chi connectivity index (χ1v) is 12.9. The van der Waals surface area contributed by atoms with Gasteiger partial charge in [-0.3, -0.25) is 9.59 Å². The molecule has 38 heavy (non-hydrogen) atoms. The van der Waals surface area contributed by atoms with Crippen molar-refractivity contribution in [3.8, 4) is 17.2 Å². The highest BCUT2D eigenvalue weighted by Crippen LogP contribution is 2.39. The Morgan fingerprint density at radius 2 is 1.71 bits per heavy atom. The van der Waals surface area contributed by atoms with Gasteiger partial charge in [0.1, 0.15) is 0 Å². The summed E-state index contributed by atoms with van der Waals surface area (Å²) in [6.07, 6.45) is 10.5. The van der Waals surface area contributed by atoms with Crippen LogP contribution in [0.25, 0.3) is 11.1 Å². The summed E-state index contributed by atoms with van der Waals surface area (Å²) >= 11 is 6.37. The third-order valence-electron chi connectivity index (χ3n) is 6.88. The number of benzene rings is 2. The zero-order valence-electron chi connectivity index (χ0n) is 21.8. The SMILES string of the molecule is CC[C@H](C)/C=C(C)/C=C/C1=CC2=C(Cl)C(=O)[C@](C)(O)C(=O)C2=CN1c1ccc(-c2ccc(C#N)cc2)cc1. The lowest BCUT2D eigenvalue weighted by Gasteiger charge is -2.34. The first kappa shape index (κ1) is 27.1. The highest BCUT2D eigenvalue weighted by molar-refractivity contribution is 6.49. The van der Waals surface area contributed by atoms with E-state index in [4.69, 9.17) is 16.9 Å². The minimum absolute atomic E-state index is 0.158. The van der Waals surface area contributed by atoms with Crippen LogP contribution in [0.2, 0.25) is 0 Å². The number of halogens is 1. The number of rotatable bonds is 6. The quantitative estimate of drug-likeness (QED) is 0.333. The molecule has 192 valence electrons. The second-order valence-corrected chi connectivity index (χ2v) is 10.2. The fourth-order valence-corrected chi connectivity index (χ4v) is 4.72. The zero-order valence-corrected chi connectivity index (χ0v) is 22.6. The lowest BCUT2D eigenvalue weighted by molar-refractivity contribution is -0.144. The molecule has 4 rings (SSSR count). The molecule has 0 radical (unpaired) electrons. The topological polar surface area (TPSA) is 81.4 Å². The summed E-state index contributed by atoms with van der Waals surface area (Å²) in [6.45, 7) is 7.50. The first-order chi connectivity index (χ1) is 18.1. The Balaban J connectivity index is 1.78. The summed E-state index contributed by atoms with van der Waals surface area (Å²) in [4.78, 5) is 27.6. The van der Waals surface area contributed by atoms with Crippen LogP contribution in [-0.2, 0) is 9.59 Å². The number of allylic oxidation sites excluding steroid dienone is 6. The van der Waals surface area contributed by atoms with E-state index < -0.39 is 17.2 Å². The van der Waals surface area contributed by atoms with E-state index >= 15 is 0 Å². The summed E-state index contributed by atoms with van der Waals surface area (Å²) in [5.41, 5.74) is 3.41. The molecule has 2 atom stereocenters. The van der Waals surface area contributed by atoms with E-state index in [1.165, 1.54) is 6.92 Å². The maximum atomic E-state index is 13.1. The molecule has 0 amide bonds. The minimum atomic E-state index is -2.21. The van der Waals surface area contributed by atoms with Crippen molar-refractivity contribution in [1.82, 2.24) is 0 Å². The van der Waals surface area contributed by atoms with Crippen molar-refractivity contribution in [3.63, 3.8) is 0 Å². The van der Waals surface area contributed by atoms with Crippen LogP contribution in [0.15, 0.2) is 106 Å².